The summed E-state index contributed by atoms with van der Waals surface area (Å²) in [5.74, 6) is -1.42. The predicted molar refractivity (Wildman–Crippen MR) is 120 cm³/mol. The molecule has 2 N–H and O–H groups in total. The van der Waals surface area contributed by atoms with Crippen molar-refractivity contribution >= 4 is 23.6 Å². The van der Waals surface area contributed by atoms with Crippen molar-refractivity contribution in [3.8, 4) is 6.07 Å². The molecule has 1 aromatic heterocycles. The highest BCUT2D eigenvalue weighted by molar-refractivity contribution is 6.00. The van der Waals surface area contributed by atoms with Crippen LogP contribution in [0.25, 0.3) is 0 Å². The number of hydrogen-bond donors (Lipinski definition) is 2. The third kappa shape index (κ3) is 4.88. The maximum Gasteiger partial charge on any atom is 0.256 e. The number of carbonyl (C=O) groups is 4. The molecular weight excluding hydrogens is 436 g/mol. The summed E-state index contributed by atoms with van der Waals surface area (Å²) in [6, 6.07) is 9.86. The van der Waals surface area contributed by atoms with E-state index in [1.807, 2.05) is 6.07 Å². The fourth-order valence-corrected chi connectivity index (χ4v) is 4.14. The molecule has 4 amide bonds. The minimum Gasteiger partial charge on any atom is -0.354 e. The zero-order chi connectivity index (χ0) is 24.1. The minimum atomic E-state index is -0.974. The number of amides is 4. The monoisotopic (exact) mass is 460 g/mol. The second-order valence-corrected chi connectivity index (χ2v) is 8.19. The Hall–Kier alpha value is -4.26. The van der Waals surface area contributed by atoms with Crippen molar-refractivity contribution in [2.75, 3.05) is 26.2 Å². The Labute approximate surface area is 196 Å². The molecule has 2 fully saturated rings. The first kappa shape index (κ1) is 22.9. The van der Waals surface area contributed by atoms with Crippen molar-refractivity contribution in [3.05, 3.63) is 65.5 Å². The molecule has 0 aliphatic carbocycles. The van der Waals surface area contributed by atoms with E-state index in [0.717, 1.165) is 6.42 Å². The molecule has 2 saturated heterocycles. The molecule has 2 aliphatic rings. The number of rotatable bonds is 4. The summed E-state index contributed by atoms with van der Waals surface area (Å²) in [6.45, 7) is 0.918. The van der Waals surface area contributed by atoms with Crippen molar-refractivity contribution < 1.29 is 19.2 Å². The highest BCUT2D eigenvalue weighted by Crippen LogP contribution is 2.18. The molecule has 34 heavy (non-hydrogen) atoms. The second kappa shape index (κ2) is 10.1. The van der Waals surface area contributed by atoms with Gasteiger partial charge in [0.1, 0.15) is 12.1 Å². The first-order chi connectivity index (χ1) is 16.5. The highest BCUT2D eigenvalue weighted by Gasteiger charge is 2.39. The van der Waals surface area contributed by atoms with Crippen molar-refractivity contribution in [2.24, 2.45) is 0 Å². The van der Waals surface area contributed by atoms with Gasteiger partial charge in [-0.3, -0.25) is 24.2 Å². The van der Waals surface area contributed by atoms with E-state index in [9.17, 15) is 19.2 Å². The third-order valence-electron chi connectivity index (χ3n) is 6.00. The van der Waals surface area contributed by atoms with Crippen LogP contribution in [-0.2, 0) is 9.59 Å². The summed E-state index contributed by atoms with van der Waals surface area (Å²) >= 11 is 0. The number of benzene rings is 1. The maximum absolute atomic E-state index is 13.3. The van der Waals surface area contributed by atoms with Gasteiger partial charge in [0.25, 0.3) is 11.8 Å². The molecule has 0 unspecified atom stereocenters. The average molecular weight is 460 g/mol. The van der Waals surface area contributed by atoms with Gasteiger partial charge in [-0.2, -0.15) is 5.26 Å². The second-order valence-electron chi connectivity index (χ2n) is 8.19. The Balaban J connectivity index is 1.56. The van der Waals surface area contributed by atoms with Crippen molar-refractivity contribution in [3.63, 3.8) is 0 Å². The van der Waals surface area contributed by atoms with Gasteiger partial charge in [-0.15, -0.1) is 0 Å². The summed E-state index contributed by atoms with van der Waals surface area (Å²) in [4.78, 5) is 58.6. The number of piperidine rings is 1. The molecule has 10 nitrogen and oxygen atoms in total. The van der Waals surface area contributed by atoms with Gasteiger partial charge in [0.15, 0.2) is 0 Å². The number of pyridine rings is 1. The van der Waals surface area contributed by atoms with Crippen molar-refractivity contribution in [1.29, 1.82) is 5.26 Å². The Bertz CT molecular complexity index is 1130. The number of nitrogens with zero attached hydrogens (tertiary/aromatic N) is 4. The van der Waals surface area contributed by atoms with E-state index in [-0.39, 0.29) is 37.4 Å². The highest BCUT2D eigenvalue weighted by atomic mass is 16.2. The largest absolute Gasteiger partial charge is 0.354 e. The Kier molecular flexibility index (Phi) is 6.82. The van der Waals surface area contributed by atoms with Gasteiger partial charge in [0.2, 0.25) is 11.8 Å². The molecule has 0 bridgehead atoms. The molecule has 3 heterocycles. The third-order valence-corrected chi connectivity index (χ3v) is 6.00. The summed E-state index contributed by atoms with van der Waals surface area (Å²) in [5, 5.41) is 14.5. The van der Waals surface area contributed by atoms with Gasteiger partial charge in [0, 0.05) is 37.6 Å². The molecule has 2 aliphatic heterocycles. The molecule has 0 spiro atoms. The predicted octanol–water partition coefficient (Wildman–Crippen LogP) is 0.315. The smallest absolute Gasteiger partial charge is 0.256 e. The average Bonchev–Trinajstić information content (AvgIpc) is 2.89. The van der Waals surface area contributed by atoms with E-state index in [1.54, 1.807) is 42.6 Å². The molecule has 4 rings (SSSR count). The topological polar surface area (TPSA) is 136 Å². The van der Waals surface area contributed by atoms with E-state index in [1.165, 1.54) is 16.0 Å². The zero-order valence-electron chi connectivity index (χ0n) is 18.4. The van der Waals surface area contributed by atoms with Crippen LogP contribution >= 0.6 is 0 Å². The molecule has 2 aromatic rings. The van der Waals surface area contributed by atoms with Crippen LogP contribution < -0.4 is 10.6 Å². The quantitative estimate of drug-likeness (QED) is 0.674. The normalized spacial score (nSPS) is 20.1. The lowest BCUT2D eigenvalue weighted by Gasteiger charge is -2.41. The Morgan fingerprint density at radius 3 is 2.56 bits per heavy atom. The van der Waals surface area contributed by atoms with E-state index in [0.29, 0.717) is 29.7 Å². The molecule has 1 aromatic carbocycles. The molecular formula is C24H24N6O4. The lowest BCUT2D eigenvalue weighted by molar-refractivity contribution is -0.133. The lowest BCUT2D eigenvalue weighted by Crippen LogP contribution is -2.63. The van der Waals surface area contributed by atoms with Crippen LogP contribution in [0.3, 0.4) is 0 Å². The summed E-state index contributed by atoms with van der Waals surface area (Å²) in [6.07, 6.45) is 4.23. The number of carbonyl (C=O) groups excluding carboxylic acids is 4. The zero-order valence-corrected chi connectivity index (χ0v) is 18.4. The number of piperazine rings is 1. The number of hydrogen-bond acceptors (Lipinski definition) is 6. The molecule has 174 valence electrons. The standard InChI is InChI=1S/C24H24N6O4/c25-13-16-5-7-17(8-6-16)23(33)29-11-12-30(24(34)18-3-1-9-26-14-18)20(15-29)22(32)28-19-4-2-10-27-21(19)31/h1,3,5-9,14,19-20H,2,4,10-12,15H2,(H,27,31)(H,28,32)/t19-,20-/m1/s1. The van der Waals surface area contributed by atoms with E-state index in [4.69, 9.17) is 5.26 Å². The summed E-state index contributed by atoms with van der Waals surface area (Å²) in [5.41, 5.74) is 1.16. The van der Waals surface area contributed by atoms with E-state index in [2.05, 4.69) is 15.6 Å². The number of nitrogens with one attached hydrogen (secondary N) is 2. The van der Waals surface area contributed by atoms with Crippen LogP contribution in [0.5, 0.6) is 0 Å². The van der Waals surface area contributed by atoms with Crippen LogP contribution in [-0.4, -0.2) is 76.7 Å². The van der Waals surface area contributed by atoms with Gasteiger partial charge in [0.05, 0.1) is 23.7 Å². The molecule has 10 heteroatoms. The van der Waals surface area contributed by atoms with Crippen LogP contribution in [0.2, 0.25) is 0 Å². The van der Waals surface area contributed by atoms with E-state index >= 15 is 0 Å². The molecule has 2 atom stereocenters. The lowest BCUT2D eigenvalue weighted by atomic mass is 10.0. The van der Waals surface area contributed by atoms with Gasteiger partial charge in [-0.25, -0.2) is 0 Å². The first-order valence-corrected chi connectivity index (χ1v) is 11.1. The maximum atomic E-state index is 13.3. The minimum absolute atomic E-state index is 0.0228. The fraction of sp³-hybridized carbons (Fsp3) is 0.333. The summed E-state index contributed by atoms with van der Waals surface area (Å²) in [7, 11) is 0. The van der Waals surface area contributed by atoms with Crippen molar-refractivity contribution in [2.45, 2.75) is 24.9 Å². The van der Waals surface area contributed by atoms with Gasteiger partial charge in [-0.1, -0.05) is 0 Å². The Morgan fingerprint density at radius 2 is 1.88 bits per heavy atom. The van der Waals surface area contributed by atoms with Gasteiger partial charge < -0.3 is 20.4 Å². The fourth-order valence-electron chi connectivity index (χ4n) is 4.14. The molecule has 0 radical (unpaired) electrons. The molecule has 0 saturated carbocycles. The van der Waals surface area contributed by atoms with Crippen LogP contribution in [0.4, 0.5) is 0 Å². The SMILES string of the molecule is N#Cc1ccc(C(=O)N2CCN(C(=O)c3cccnc3)[C@@H](C(=O)N[C@@H]3CCCNC3=O)C2)cc1. The van der Waals surface area contributed by atoms with Gasteiger partial charge >= 0.3 is 0 Å². The van der Waals surface area contributed by atoms with Crippen LogP contribution in [0.15, 0.2) is 48.8 Å². The Morgan fingerprint density at radius 1 is 1.09 bits per heavy atom. The van der Waals surface area contributed by atoms with Crippen molar-refractivity contribution in [1.82, 2.24) is 25.4 Å². The van der Waals surface area contributed by atoms with Crippen LogP contribution in [0, 0.1) is 11.3 Å². The first-order valence-electron chi connectivity index (χ1n) is 11.1. The van der Waals surface area contributed by atoms with Crippen LogP contribution in [0.1, 0.15) is 39.1 Å². The number of aromatic nitrogens is 1. The van der Waals surface area contributed by atoms with Gasteiger partial charge in [-0.05, 0) is 49.2 Å². The van der Waals surface area contributed by atoms with E-state index < -0.39 is 18.0 Å². The number of nitriles is 1. The summed E-state index contributed by atoms with van der Waals surface area (Å²) < 4.78 is 0.